The number of unbranched alkanes of at least 4 members (excludes halogenated alkanes) is 19. The fraction of sp³-hybridized carbons (Fsp3) is 0.766. The summed E-state index contributed by atoms with van der Waals surface area (Å²) >= 11 is 0. The summed E-state index contributed by atoms with van der Waals surface area (Å²) in [7, 11) is 5.52. The van der Waals surface area contributed by atoms with Crippen LogP contribution < -0.4 is 0 Å². The molecule has 0 aliphatic carbocycles. The van der Waals surface area contributed by atoms with E-state index in [4.69, 9.17) is 14.2 Å². The summed E-state index contributed by atoms with van der Waals surface area (Å²) in [6.45, 7) is 4.58. The van der Waals surface area contributed by atoms with Crippen LogP contribution in [-0.4, -0.2) is 80.6 Å². The zero-order valence-corrected chi connectivity index (χ0v) is 36.1. The lowest BCUT2D eigenvalue weighted by molar-refractivity contribution is -0.887. The molecule has 55 heavy (non-hydrogen) atoms. The number of ether oxygens (including phenoxy) is 3. The first kappa shape index (κ1) is 52.3. The number of carbonyl (C=O) groups excluding carboxylic acids is 2. The van der Waals surface area contributed by atoms with Gasteiger partial charge in [-0.3, -0.25) is 9.59 Å². The molecular formula is C47H84NO7+. The number of likely N-dealkylation sites (N-methyl/N-ethyl adjacent to an activating group) is 1. The Kier molecular flexibility index (Phi) is 36.3. The zero-order valence-electron chi connectivity index (χ0n) is 36.1. The Labute approximate surface area is 337 Å². The summed E-state index contributed by atoms with van der Waals surface area (Å²) < 4.78 is 17.3. The predicted molar refractivity (Wildman–Crippen MR) is 229 cm³/mol. The van der Waals surface area contributed by atoms with Crippen molar-refractivity contribution in [1.82, 2.24) is 0 Å². The highest BCUT2D eigenvalue weighted by Crippen LogP contribution is 2.14. The second-order valence-electron chi connectivity index (χ2n) is 16.0. The van der Waals surface area contributed by atoms with Gasteiger partial charge in [-0.1, -0.05) is 152 Å². The first-order valence-electron chi connectivity index (χ1n) is 22.2. The standard InChI is InChI=1S/C47H83NO7/c1-6-8-10-12-14-16-18-20-22-24-25-27-29-31-33-35-37-45(49)54-42-43(41-53-40-39-44(47(51)52)48(3,4)5)55-46(50)38-36-34-32-30-28-26-23-21-19-17-15-13-11-9-7-2/h9,11,13,15,17,19,22,24,43-44H,6-8,10,12,14,16,18,20-21,23,25-42H2,1-5H3/p+1/b11-9+,15-13+,19-17+,24-22+. The van der Waals surface area contributed by atoms with Gasteiger partial charge in [0.1, 0.15) is 6.61 Å². The first-order valence-corrected chi connectivity index (χ1v) is 22.2. The molecule has 0 aromatic heterocycles. The Morgan fingerprint density at radius 3 is 1.55 bits per heavy atom. The van der Waals surface area contributed by atoms with Crippen LogP contribution in [0.2, 0.25) is 0 Å². The van der Waals surface area contributed by atoms with Crippen molar-refractivity contribution < 1.29 is 38.2 Å². The van der Waals surface area contributed by atoms with Gasteiger partial charge in [0.2, 0.25) is 0 Å². The SMILES string of the molecule is CC/C=C/C=C/C=C/CCCCCCCCCC(=O)OC(COCCC(C(=O)O)[N+](C)(C)C)COC(=O)CCCCCCC/C=C/CCCCCCCCC. The third-order valence-electron chi connectivity index (χ3n) is 9.77. The quantitative estimate of drug-likeness (QED) is 0.0218. The lowest BCUT2D eigenvalue weighted by atomic mass is 10.1. The van der Waals surface area contributed by atoms with Gasteiger partial charge in [-0.2, -0.15) is 0 Å². The number of carboxylic acids is 1. The van der Waals surface area contributed by atoms with Crippen molar-refractivity contribution in [2.75, 3.05) is 41.0 Å². The first-order chi connectivity index (χ1) is 26.6. The molecule has 0 radical (unpaired) electrons. The Balaban J connectivity index is 4.37. The number of rotatable bonds is 39. The zero-order chi connectivity index (χ0) is 40.7. The number of carbonyl (C=O) groups is 3. The number of nitrogens with zero attached hydrogens (tertiary/aromatic N) is 1. The second-order valence-corrected chi connectivity index (χ2v) is 16.0. The molecule has 0 spiro atoms. The third kappa shape index (κ3) is 36.7. The van der Waals surface area contributed by atoms with E-state index in [0.717, 1.165) is 70.6 Å². The number of hydrogen-bond donors (Lipinski definition) is 1. The van der Waals surface area contributed by atoms with Crippen LogP contribution in [0.3, 0.4) is 0 Å². The van der Waals surface area contributed by atoms with Crippen LogP contribution in [0.15, 0.2) is 48.6 Å². The highest BCUT2D eigenvalue weighted by Gasteiger charge is 2.31. The molecule has 0 aliphatic heterocycles. The molecule has 0 aromatic carbocycles. The highest BCUT2D eigenvalue weighted by molar-refractivity contribution is 5.72. The average Bonchev–Trinajstić information content (AvgIpc) is 3.14. The average molecular weight is 775 g/mol. The second kappa shape index (κ2) is 38.2. The molecule has 0 aliphatic rings. The van der Waals surface area contributed by atoms with E-state index in [1.54, 1.807) is 0 Å². The smallest absolute Gasteiger partial charge is 0.362 e. The highest BCUT2D eigenvalue weighted by atomic mass is 16.6. The molecule has 2 unspecified atom stereocenters. The van der Waals surface area contributed by atoms with E-state index in [1.807, 2.05) is 21.1 Å². The fourth-order valence-electron chi connectivity index (χ4n) is 6.32. The van der Waals surface area contributed by atoms with Gasteiger partial charge in [0.05, 0.1) is 34.4 Å². The molecule has 0 rings (SSSR count). The van der Waals surface area contributed by atoms with Gasteiger partial charge in [-0.05, 0) is 57.8 Å². The van der Waals surface area contributed by atoms with Gasteiger partial charge in [0.15, 0.2) is 12.1 Å². The number of allylic oxidation sites excluding steroid dienone is 8. The molecule has 0 bridgehead atoms. The van der Waals surface area contributed by atoms with Gasteiger partial charge in [0.25, 0.3) is 0 Å². The third-order valence-corrected chi connectivity index (χ3v) is 9.77. The summed E-state index contributed by atoms with van der Waals surface area (Å²) in [5.74, 6) is -1.49. The number of aliphatic carboxylic acids is 1. The molecule has 318 valence electrons. The molecule has 8 heteroatoms. The van der Waals surface area contributed by atoms with Gasteiger partial charge in [-0.25, -0.2) is 4.79 Å². The molecule has 2 atom stereocenters. The molecular weight excluding hydrogens is 691 g/mol. The van der Waals surface area contributed by atoms with E-state index in [2.05, 4.69) is 62.5 Å². The summed E-state index contributed by atoms with van der Waals surface area (Å²) in [6, 6.07) is -0.618. The number of hydrogen-bond acceptors (Lipinski definition) is 6. The lowest BCUT2D eigenvalue weighted by Crippen LogP contribution is -2.50. The van der Waals surface area contributed by atoms with Gasteiger partial charge < -0.3 is 23.8 Å². The molecule has 0 amide bonds. The van der Waals surface area contributed by atoms with E-state index < -0.39 is 18.1 Å². The fourth-order valence-corrected chi connectivity index (χ4v) is 6.32. The Hall–Kier alpha value is -2.71. The van der Waals surface area contributed by atoms with E-state index in [9.17, 15) is 19.5 Å². The predicted octanol–water partition coefficient (Wildman–Crippen LogP) is 12.0. The van der Waals surface area contributed by atoms with Crippen LogP contribution in [0.4, 0.5) is 0 Å². The Morgan fingerprint density at radius 1 is 0.564 bits per heavy atom. The van der Waals surface area contributed by atoms with Gasteiger partial charge in [-0.15, -0.1) is 0 Å². The van der Waals surface area contributed by atoms with E-state index in [-0.39, 0.29) is 36.2 Å². The minimum Gasteiger partial charge on any atom is -0.477 e. The minimum atomic E-state index is -0.879. The normalized spacial score (nSPS) is 13.4. The maximum Gasteiger partial charge on any atom is 0.362 e. The van der Waals surface area contributed by atoms with Crippen LogP contribution in [0.5, 0.6) is 0 Å². The van der Waals surface area contributed by atoms with Crippen LogP contribution in [0.1, 0.15) is 181 Å². The van der Waals surface area contributed by atoms with Crippen molar-refractivity contribution >= 4 is 17.9 Å². The summed E-state index contributed by atoms with van der Waals surface area (Å²) in [5, 5.41) is 9.62. The molecule has 0 saturated carbocycles. The topological polar surface area (TPSA) is 99.1 Å². The molecule has 0 fully saturated rings. The summed E-state index contributed by atoms with van der Waals surface area (Å²) in [6.07, 6.45) is 44.3. The maximum atomic E-state index is 12.7. The van der Waals surface area contributed by atoms with Crippen LogP contribution in [0, 0.1) is 0 Å². The van der Waals surface area contributed by atoms with Crippen LogP contribution >= 0.6 is 0 Å². The number of esters is 2. The number of quaternary nitrogens is 1. The monoisotopic (exact) mass is 775 g/mol. The summed E-state index contributed by atoms with van der Waals surface area (Å²) in [5.41, 5.74) is 0. The van der Waals surface area contributed by atoms with Crippen LogP contribution in [0.25, 0.3) is 0 Å². The molecule has 0 saturated heterocycles. The van der Waals surface area contributed by atoms with Crippen molar-refractivity contribution in [3.63, 3.8) is 0 Å². The van der Waals surface area contributed by atoms with Crippen molar-refractivity contribution in [3.8, 4) is 0 Å². The maximum absolute atomic E-state index is 12.7. The van der Waals surface area contributed by atoms with Crippen molar-refractivity contribution in [2.24, 2.45) is 0 Å². The molecule has 0 heterocycles. The van der Waals surface area contributed by atoms with Crippen molar-refractivity contribution in [3.05, 3.63) is 48.6 Å². The lowest BCUT2D eigenvalue weighted by Gasteiger charge is -2.31. The molecule has 8 nitrogen and oxygen atoms in total. The van der Waals surface area contributed by atoms with E-state index >= 15 is 0 Å². The Bertz CT molecular complexity index is 1040. The van der Waals surface area contributed by atoms with E-state index in [0.29, 0.717) is 19.3 Å². The molecule has 0 aromatic rings. The van der Waals surface area contributed by atoms with Crippen LogP contribution in [-0.2, 0) is 28.6 Å². The largest absolute Gasteiger partial charge is 0.477 e. The minimum absolute atomic E-state index is 0.0530. The Morgan fingerprint density at radius 2 is 1.04 bits per heavy atom. The number of carboxylic acid groups (broad SMARTS) is 1. The summed E-state index contributed by atoms with van der Waals surface area (Å²) in [4.78, 5) is 37.0. The van der Waals surface area contributed by atoms with Gasteiger partial charge >= 0.3 is 17.9 Å². The van der Waals surface area contributed by atoms with Crippen molar-refractivity contribution in [2.45, 2.75) is 193 Å². The molecule has 1 N–H and O–H groups in total. The van der Waals surface area contributed by atoms with Crippen molar-refractivity contribution in [1.29, 1.82) is 0 Å². The van der Waals surface area contributed by atoms with Gasteiger partial charge in [0, 0.05) is 19.3 Å². The van der Waals surface area contributed by atoms with E-state index in [1.165, 1.54) is 77.0 Å².